The summed E-state index contributed by atoms with van der Waals surface area (Å²) in [6.07, 6.45) is 1.81. The van der Waals surface area contributed by atoms with E-state index in [1.54, 1.807) is 10.7 Å². The highest BCUT2D eigenvalue weighted by atomic mass is 16.3. The van der Waals surface area contributed by atoms with Gasteiger partial charge in [0.2, 0.25) is 0 Å². The van der Waals surface area contributed by atoms with E-state index in [-0.39, 0.29) is 17.4 Å². The number of benzene rings is 2. The number of hydrogen-bond acceptors (Lipinski definition) is 4. The van der Waals surface area contributed by atoms with Gasteiger partial charge in [0.05, 0.1) is 12.7 Å². The van der Waals surface area contributed by atoms with E-state index >= 15 is 0 Å². The third kappa shape index (κ3) is 3.11. The first kappa shape index (κ1) is 16.1. The minimum atomic E-state index is -0.000147. The van der Waals surface area contributed by atoms with Gasteiger partial charge in [0.25, 0.3) is 0 Å². The lowest BCUT2D eigenvalue weighted by atomic mass is 9.98. The lowest BCUT2D eigenvalue weighted by Gasteiger charge is -2.11. The van der Waals surface area contributed by atoms with Gasteiger partial charge in [0.1, 0.15) is 17.2 Å². The average Bonchev–Trinajstić information content (AvgIpc) is 2.97. The standard InChI is InChI=1S/C19H21N3O2/c1-12(2)15-8-16(19(24)9-18(15)23)17-11-22(21-20-17)10-14-7-5-4-6-13(14)3/h4-9,11-12,23-24H,10H2,1-3H3. The van der Waals surface area contributed by atoms with E-state index < -0.39 is 0 Å². The second-order valence-corrected chi connectivity index (χ2v) is 6.31. The van der Waals surface area contributed by atoms with Crippen molar-refractivity contribution in [2.24, 2.45) is 0 Å². The molecule has 0 aliphatic carbocycles. The number of aromatic nitrogens is 3. The molecule has 0 unspecified atom stereocenters. The molecule has 0 aliphatic rings. The van der Waals surface area contributed by atoms with Crippen LogP contribution in [0.25, 0.3) is 11.3 Å². The molecule has 3 rings (SSSR count). The summed E-state index contributed by atoms with van der Waals surface area (Å²) in [5.74, 6) is 0.241. The van der Waals surface area contributed by atoms with Crippen molar-refractivity contribution in [3.63, 3.8) is 0 Å². The Hall–Kier alpha value is -2.82. The number of aromatic hydroxyl groups is 2. The van der Waals surface area contributed by atoms with Crippen molar-refractivity contribution in [1.29, 1.82) is 0 Å². The summed E-state index contributed by atoms with van der Waals surface area (Å²) in [7, 11) is 0. The second kappa shape index (κ2) is 6.35. The summed E-state index contributed by atoms with van der Waals surface area (Å²) in [5.41, 5.74) is 4.31. The fourth-order valence-electron chi connectivity index (χ4n) is 2.72. The lowest BCUT2D eigenvalue weighted by molar-refractivity contribution is 0.445. The fourth-order valence-corrected chi connectivity index (χ4v) is 2.72. The molecular weight excluding hydrogens is 302 g/mol. The largest absolute Gasteiger partial charge is 0.508 e. The maximum atomic E-state index is 10.2. The third-order valence-corrected chi connectivity index (χ3v) is 4.18. The van der Waals surface area contributed by atoms with E-state index in [1.165, 1.54) is 17.2 Å². The Morgan fingerprint density at radius 1 is 1.08 bits per heavy atom. The average molecular weight is 323 g/mol. The summed E-state index contributed by atoms with van der Waals surface area (Å²) in [5, 5.41) is 28.5. The predicted octanol–water partition coefficient (Wildman–Crippen LogP) is 3.84. The first-order valence-corrected chi connectivity index (χ1v) is 7.96. The Morgan fingerprint density at radius 2 is 1.83 bits per heavy atom. The zero-order valence-electron chi connectivity index (χ0n) is 14.1. The SMILES string of the molecule is Cc1ccccc1Cn1cc(-c2cc(C(C)C)c(O)cc2O)nn1. The molecule has 0 atom stereocenters. The lowest BCUT2D eigenvalue weighted by Crippen LogP contribution is -2.01. The van der Waals surface area contributed by atoms with Crippen molar-refractivity contribution < 1.29 is 10.2 Å². The highest BCUT2D eigenvalue weighted by Crippen LogP contribution is 2.36. The van der Waals surface area contributed by atoms with Gasteiger partial charge in [-0.05, 0) is 35.6 Å². The van der Waals surface area contributed by atoms with E-state index in [1.807, 2.05) is 32.2 Å². The fraction of sp³-hybridized carbons (Fsp3) is 0.263. The Labute approximate surface area is 141 Å². The molecule has 5 nitrogen and oxygen atoms in total. The Bertz CT molecular complexity index is 869. The molecular formula is C19H21N3O2. The van der Waals surface area contributed by atoms with Crippen LogP contribution in [0.15, 0.2) is 42.6 Å². The van der Waals surface area contributed by atoms with E-state index in [9.17, 15) is 10.2 Å². The zero-order valence-corrected chi connectivity index (χ0v) is 14.1. The van der Waals surface area contributed by atoms with Crippen molar-refractivity contribution in [2.75, 3.05) is 0 Å². The second-order valence-electron chi connectivity index (χ2n) is 6.31. The maximum absolute atomic E-state index is 10.2. The molecule has 2 aromatic carbocycles. The molecule has 0 saturated heterocycles. The Morgan fingerprint density at radius 3 is 2.54 bits per heavy atom. The molecule has 0 radical (unpaired) electrons. The van der Waals surface area contributed by atoms with Crippen LogP contribution in [0.3, 0.4) is 0 Å². The predicted molar refractivity (Wildman–Crippen MR) is 93.2 cm³/mol. The van der Waals surface area contributed by atoms with Gasteiger partial charge in [-0.1, -0.05) is 43.3 Å². The van der Waals surface area contributed by atoms with Crippen LogP contribution in [-0.2, 0) is 6.54 Å². The van der Waals surface area contributed by atoms with Crippen LogP contribution in [0, 0.1) is 6.92 Å². The normalized spacial score (nSPS) is 11.2. The van der Waals surface area contributed by atoms with Gasteiger partial charge in [-0.3, -0.25) is 0 Å². The minimum absolute atomic E-state index is 0.000147. The summed E-state index contributed by atoms with van der Waals surface area (Å²) >= 11 is 0. The number of phenolic OH excluding ortho intramolecular Hbond substituents is 2. The highest BCUT2D eigenvalue weighted by Gasteiger charge is 2.15. The van der Waals surface area contributed by atoms with Gasteiger partial charge in [-0.2, -0.15) is 0 Å². The van der Waals surface area contributed by atoms with E-state index in [0.717, 1.165) is 5.56 Å². The molecule has 0 fully saturated rings. The molecule has 3 aromatic rings. The number of nitrogens with zero attached hydrogens (tertiary/aromatic N) is 3. The van der Waals surface area contributed by atoms with Crippen LogP contribution < -0.4 is 0 Å². The molecule has 1 aromatic heterocycles. The number of rotatable bonds is 4. The molecule has 0 spiro atoms. The van der Waals surface area contributed by atoms with Gasteiger partial charge >= 0.3 is 0 Å². The summed E-state index contributed by atoms with van der Waals surface area (Å²) in [4.78, 5) is 0. The molecule has 1 heterocycles. The minimum Gasteiger partial charge on any atom is -0.508 e. The molecule has 5 heteroatoms. The number of phenols is 2. The van der Waals surface area contributed by atoms with Crippen LogP contribution in [0.5, 0.6) is 11.5 Å². The highest BCUT2D eigenvalue weighted by molar-refractivity contribution is 5.69. The molecule has 0 amide bonds. The third-order valence-electron chi connectivity index (χ3n) is 4.18. The van der Waals surface area contributed by atoms with Gasteiger partial charge < -0.3 is 10.2 Å². The van der Waals surface area contributed by atoms with Crippen molar-refractivity contribution in [2.45, 2.75) is 33.2 Å². The quantitative estimate of drug-likeness (QED) is 0.765. The molecule has 24 heavy (non-hydrogen) atoms. The Balaban J connectivity index is 1.94. The molecule has 124 valence electrons. The number of hydrogen-bond donors (Lipinski definition) is 2. The van der Waals surface area contributed by atoms with Gasteiger partial charge in [0.15, 0.2) is 0 Å². The van der Waals surface area contributed by atoms with Gasteiger partial charge in [-0.25, -0.2) is 4.68 Å². The monoisotopic (exact) mass is 323 g/mol. The zero-order chi connectivity index (χ0) is 17.3. The van der Waals surface area contributed by atoms with Crippen molar-refractivity contribution in [3.05, 3.63) is 59.3 Å². The number of aryl methyl sites for hydroxylation is 1. The van der Waals surface area contributed by atoms with E-state index in [2.05, 4.69) is 29.4 Å². The van der Waals surface area contributed by atoms with Crippen molar-refractivity contribution in [3.8, 4) is 22.8 Å². The first-order valence-electron chi connectivity index (χ1n) is 7.96. The summed E-state index contributed by atoms with van der Waals surface area (Å²) in [6, 6.07) is 11.3. The van der Waals surface area contributed by atoms with Crippen LogP contribution >= 0.6 is 0 Å². The summed E-state index contributed by atoms with van der Waals surface area (Å²) < 4.78 is 1.75. The van der Waals surface area contributed by atoms with Gasteiger partial charge in [-0.15, -0.1) is 5.10 Å². The molecule has 2 N–H and O–H groups in total. The van der Waals surface area contributed by atoms with Crippen LogP contribution in [0.4, 0.5) is 0 Å². The first-order chi connectivity index (χ1) is 11.5. The van der Waals surface area contributed by atoms with Crippen LogP contribution in [0.2, 0.25) is 0 Å². The van der Waals surface area contributed by atoms with E-state index in [4.69, 9.17) is 0 Å². The smallest absolute Gasteiger partial charge is 0.128 e. The molecule has 0 saturated carbocycles. The molecule has 0 bridgehead atoms. The van der Waals surface area contributed by atoms with Crippen LogP contribution in [0.1, 0.15) is 36.5 Å². The topological polar surface area (TPSA) is 71.2 Å². The van der Waals surface area contributed by atoms with Crippen LogP contribution in [-0.4, -0.2) is 25.2 Å². The summed E-state index contributed by atoms with van der Waals surface area (Å²) in [6.45, 7) is 6.67. The van der Waals surface area contributed by atoms with Gasteiger partial charge in [0, 0.05) is 11.6 Å². The Kier molecular flexibility index (Phi) is 4.25. The van der Waals surface area contributed by atoms with Crippen molar-refractivity contribution in [1.82, 2.24) is 15.0 Å². The van der Waals surface area contributed by atoms with Crippen molar-refractivity contribution >= 4 is 0 Å². The maximum Gasteiger partial charge on any atom is 0.128 e. The van der Waals surface area contributed by atoms with E-state index in [0.29, 0.717) is 17.8 Å². The molecule has 0 aliphatic heterocycles.